The molecule has 2 rings (SSSR count). The minimum atomic E-state index is -0.00861. The van der Waals surface area contributed by atoms with Crippen molar-refractivity contribution in [3.05, 3.63) is 29.3 Å². The second-order valence-corrected chi connectivity index (χ2v) is 3.82. The fraction of sp³-hybridized carbons (Fsp3) is 0.417. The quantitative estimate of drug-likeness (QED) is 0.788. The molecule has 0 spiro atoms. The van der Waals surface area contributed by atoms with Gasteiger partial charge in [-0.3, -0.25) is 4.79 Å². The molecule has 1 amide bonds. The predicted molar refractivity (Wildman–Crippen MR) is 61.6 cm³/mol. The topological polar surface area (TPSA) is 64.3 Å². The van der Waals surface area contributed by atoms with Crippen molar-refractivity contribution in [3.8, 4) is 5.75 Å². The van der Waals surface area contributed by atoms with E-state index in [4.69, 9.17) is 10.5 Å². The van der Waals surface area contributed by atoms with Crippen molar-refractivity contribution < 1.29 is 9.53 Å². The number of hydrogen-bond donors (Lipinski definition) is 2. The molecule has 0 radical (unpaired) electrons. The average molecular weight is 220 g/mol. The molecule has 16 heavy (non-hydrogen) atoms. The van der Waals surface area contributed by atoms with Crippen molar-refractivity contribution in [1.29, 1.82) is 0 Å². The molecule has 0 unspecified atom stereocenters. The van der Waals surface area contributed by atoms with Crippen LogP contribution in [-0.2, 0) is 6.42 Å². The number of fused-ring (bicyclic) bond motifs is 1. The Balaban J connectivity index is 2.24. The van der Waals surface area contributed by atoms with Crippen LogP contribution in [0.2, 0.25) is 0 Å². The number of nitrogens with two attached hydrogens (primary N) is 1. The summed E-state index contributed by atoms with van der Waals surface area (Å²) in [4.78, 5) is 11.7. The largest absolute Gasteiger partial charge is 0.492 e. The molecule has 1 aliphatic heterocycles. The number of hydrogen-bond acceptors (Lipinski definition) is 3. The van der Waals surface area contributed by atoms with E-state index in [1.54, 1.807) is 6.07 Å². The Labute approximate surface area is 94.8 Å². The van der Waals surface area contributed by atoms with Crippen LogP contribution in [0.25, 0.3) is 0 Å². The van der Waals surface area contributed by atoms with E-state index in [0.29, 0.717) is 18.9 Å². The molecule has 1 heterocycles. The van der Waals surface area contributed by atoms with Gasteiger partial charge in [-0.15, -0.1) is 0 Å². The summed E-state index contributed by atoms with van der Waals surface area (Å²) in [6, 6.07) is 5.66. The first-order chi connectivity index (χ1) is 7.81. The molecule has 0 fully saturated rings. The molecule has 0 aliphatic carbocycles. The summed E-state index contributed by atoms with van der Waals surface area (Å²) in [5.74, 6) is 0.701. The third-order valence-electron chi connectivity index (χ3n) is 2.62. The smallest absolute Gasteiger partial charge is 0.251 e. The maximum atomic E-state index is 11.7. The Hall–Kier alpha value is -1.55. The normalized spacial score (nSPS) is 14.9. The molecule has 1 aromatic rings. The van der Waals surface area contributed by atoms with Crippen molar-refractivity contribution in [2.24, 2.45) is 5.73 Å². The van der Waals surface area contributed by atoms with Crippen molar-refractivity contribution in [1.82, 2.24) is 5.32 Å². The highest BCUT2D eigenvalue weighted by Gasteiger charge is 2.15. The van der Waals surface area contributed by atoms with Gasteiger partial charge in [0.1, 0.15) is 12.4 Å². The third kappa shape index (κ3) is 2.33. The van der Waals surface area contributed by atoms with Crippen molar-refractivity contribution in [2.45, 2.75) is 12.8 Å². The Morgan fingerprint density at radius 3 is 3.12 bits per heavy atom. The van der Waals surface area contributed by atoms with Crippen LogP contribution in [0, 0.1) is 0 Å². The zero-order chi connectivity index (χ0) is 11.4. The van der Waals surface area contributed by atoms with Crippen LogP contribution < -0.4 is 15.8 Å². The Morgan fingerprint density at radius 1 is 1.44 bits per heavy atom. The number of aryl methyl sites for hydroxylation is 1. The van der Waals surface area contributed by atoms with Crippen LogP contribution in [-0.4, -0.2) is 25.6 Å². The molecular weight excluding hydrogens is 204 g/mol. The summed E-state index contributed by atoms with van der Waals surface area (Å²) in [6.07, 6.45) is 1.92. The molecule has 0 atom stereocenters. The fourth-order valence-corrected chi connectivity index (χ4v) is 1.83. The number of benzene rings is 1. The van der Waals surface area contributed by atoms with Crippen LogP contribution in [0.4, 0.5) is 0 Å². The van der Waals surface area contributed by atoms with Gasteiger partial charge in [0.2, 0.25) is 0 Å². The maximum absolute atomic E-state index is 11.7. The summed E-state index contributed by atoms with van der Waals surface area (Å²) >= 11 is 0. The molecule has 1 aliphatic rings. The highest BCUT2D eigenvalue weighted by Crippen LogP contribution is 2.20. The zero-order valence-corrected chi connectivity index (χ0v) is 9.16. The lowest BCUT2D eigenvalue weighted by Gasteiger charge is -2.08. The summed E-state index contributed by atoms with van der Waals surface area (Å²) in [5.41, 5.74) is 7.18. The molecule has 0 saturated carbocycles. The van der Waals surface area contributed by atoms with Crippen LogP contribution in [0.1, 0.15) is 22.3 Å². The second kappa shape index (κ2) is 4.99. The highest BCUT2D eigenvalue weighted by atomic mass is 16.5. The number of nitrogens with one attached hydrogen (secondary N) is 1. The van der Waals surface area contributed by atoms with E-state index in [0.717, 1.165) is 30.5 Å². The van der Waals surface area contributed by atoms with Crippen LogP contribution >= 0.6 is 0 Å². The van der Waals surface area contributed by atoms with Crippen molar-refractivity contribution in [3.63, 3.8) is 0 Å². The van der Waals surface area contributed by atoms with E-state index in [9.17, 15) is 4.79 Å². The van der Waals surface area contributed by atoms with E-state index in [2.05, 4.69) is 5.32 Å². The first-order valence-electron chi connectivity index (χ1n) is 5.55. The van der Waals surface area contributed by atoms with Gasteiger partial charge >= 0.3 is 0 Å². The fourth-order valence-electron chi connectivity index (χ4n) is 1.83. The van der Waals surface area contributed by atoms with Gasteiger partial charge in [-0.25, -0.2) is 0 Å². The molecular formula is C12H16N2O2. The lowest BCUT2D eigenvalue weighted by Crippen LogP contribution is -2.22. The van der Waals surface area contributed by atoms with E-state index < -0.39 is 0 Å². The maximum Gasteiger partial charge on any atom is 0.251 e. The molecule has 1 aromatic carbocycles. The van der Waals surface area contributed by atoms with Gasteiger partial charge in [0.05, 0.1) is 0 Å². The second-order valence-electron chi connectivity index (χ2n) is 3.82. The van der Waals surface area contributed by atoms with E-state index >= 15 is 0 Å². The van der Waals surface area contributed by atoms with Gasteiger partial charge in [0, 0.05) is 18.7 Å². The Kier molecular flexibility index (Phi) is 3.41. The van der Waals surface area contributed by atoms with E-state index in [1.807, 2.05) is 12.1 Å². The predicted octanol–water partition coefficient (Wildman–Crippen LogP) is 0.700. The molecule has 0 bridgehead atoms. The van der Waals surface area contributed by atoms with Crippen molar-refractivity contribution in [2.75, 3.05) is 19.7 Å². The lowest BCUT2D eigenvalue weighted by molar-refractivity contribution is 0.0955. The third-order valence-corrected chi connectivity index (χ3v) is 2.62. The van der Waals surface area contributed by atoms with Gasteiger partial charge < -0.3 is 15.8 Å². The summed E-state index contributed by atoms with van der Waals surface area (Å²) in [5, 5.41) is 2.86. The van der Waals surface area contributed by atoms with E-state index in [-0.39, 0.29) is 5.91 Å². The number of amides is 1. The first-order valence-corrected chi connectivity index (χ1v) is 5.55. The summed E-state index contributed by atoms with van der Waals surface area (Å²) < 4.78 is 5.41. The SMILES string of the molecule is NCCOc1ccc2c(c1)C(=O)NCCC2. The molecule has 0 saturated heterocycles. The minimum Gasteiger partial charge on any atom is -0.492 e. The Bertz CT molecular complexity index is 391. The molecule has 86 valence electrons. The summed E-state index contributed by atoms with van der Waals surface area (Å²) in [6.45, 7) is 1.69. The number of rotatable bonds is 3. The minimum absolute atomic E-state index is 0.00861. The van der Waals surface area contributed by atoms with Crippen LogP contribution in [0.15, 0.2) is 18.2 Å². The van der Waals surface area contributed by atoms with Gasteiger partial charge in [0.25, 0.3) is 5.91 Å². The Morgan fingerprint density at radius 2 is 2.31 bits per heavy atom. The molecule has 3 N–H and O–H groups in total. The standard InChI is InChI=1S/C12H16N2O2/c13-5-7-16-10-4-3-9-2-1-6-14-12(15)11(9)8-10/h3-4,8H,1-2,5-7,13H2,(H,14,15). The zero-order valence-electron chi connectivity index (χ0n) is 9.16. The summed E-state index contributed by atoms with van der Waals surface area (Å²) in [7, 11) is 0. The van der Waals surface area contributed by atoms with Gasteiger partial charge in [0.15, 0.2) is 0 Å². The monoisotopic (exact) mass is 220 g/mol. The lowest BCUT2D eigenvalue weighted by atomic mass is 10.0. The van der Waals surface area contributed by atoms with Crippen LogP contribution in [0.5, 0.6) is 5.75 Å². The van der Waals surface area contributed by atoms with E-state index in [1.165, 1.54) is 0 Å². The molecule has 4 nitrogen and oxygen atoms in total. The van der Waals surface area contributed by atoms with Crippen molar-refractivity contribution >= 4 is 5.91 Å². The first kappa shape index (κ1) is 11.0. The number of carbonyl (C=O) groups excluding carboxylic acids is 1. The number of ether oxygens (including phenoxy) is 1. The highest BCUT2D eigenvalue weighted by molar-refractivity contribution is 5.96. The molecule has 0 aromatic heterocycles. The van der Waals surface area contributed by atoms with Gasteiger partial charge in [-0.1, -0.05) is 6.07 Å². The molecule has 4 heteroatoms. The van der Waals surface area contributed by atoms with Crippen LogP contribution in [0.3, 0.4) is 0 Å². The van der Waals surface area contributed by atoms with Gasteiger partial charge in [-0.2, -0.15) is 0 Å². The number of carbonyl (C=O) groups is 1. The van der Waals surface area contributed by atoms with Gasteiger partial charge in [-0.05, 0) is 30.5 Å². The average Bonchev–Trinajstić information content (AvgIpc) is 2.49.